The van der Waals surface area contributed by atoms with Crippen LogP contribution in [0.15, 0.2) is 71.0 Å². The number of allylic oxidation sites excluding steroid dienone is 2. The minimum Gasteiger partial charge on any atom is -0.399 e. The molecule has 0 heterocycles. The zero-order valence-electron chi connectivity index (χ0n) is 14.1. The van der Waals surface area contributed by atoms with Crippen molar-refractivity contribution in [2.45, 2.75) is 9.79 Å². The van der Waals surface area contributed by atoms with Gasteiger partial charge >= 0.3 is 0 Å². The summed E-state index contributed by atoms with van der Waals surface area (Å²) < 4.78 is 27.6. The third-order valence-electron chi connectivity index (χ3n) is 3.31. The van der Waals surface area contributed by atoms with Gasteiger partial charge in [0, 0.05) is 22.9 Å². The first-order valence-corrected chi connectivity index (χ1v) is 11.6. The number of benzene rings is 2. The highest BCUT2D eigenvalue weighted by Gasteiger charge is 2.18. The first-order chi connectivity index (χ1) is 12.4. The molecule has 5 N–H and O–H groups in total. The van der Waals surface area contributed by atoms with Crippen LogP contribution < -0.4 is 16.2 Å². The molecule has 0 bridgehead atoms. The molecule has 0 radical (unpaired) electrons. The van der Waals surface area contributed by atoms with Crippen LogP contribution in [0.25, 0.3) is 6.08 Å². The maximum Gasteiger partial charge on any atom is 0.242 e. The summed E-state index contributed by atoms with van der Waals surface area (Å²) in [6.07, 6.45) is 5.04. The smallest absolute Gasteiger partial charge is 0.242 e. The Kier molecular flexibility index (Phi) is 7.65. The van der Waals surface area contributed by atoms with Crippen LogP contribution in [-0.4, -0.2) is 20.7 Å². The van der Waals surface area contributed by atoms with Crippen molar-refractivity contribution in [2.75, 3.05) is 23.8 Å². The Morgan fingerprint density at radius 1 is 1.12 bits per heavy atom. The second-order valence-corrected chi connectivity index (χ2v) is 9.45. The Hall–Kier alpha value is -1.87. The fourth-order valence-electron chi connectivity index (χ4n) is 2.04. The molecule has 0 saturated carbocycles. The lowest BCUT2D eigenvalue weighted by Gasteiger charge is -2.11. The predicted octanol–water partition coefficient (Wildman–Crippen LogP) is 3.77. The molecule has 0 aliphatic heterocycles. The summed E-state index contributed by atoms with van der Waals surface area (Å²) in [5, 5.41) is 0. The summed E-state index contributed by atoms with van der Waals surface area (Å²) >= 11 is 0. The van der Waals surface area contributed by atoms with Gasteiger partial charge in [-0.05, 0) is 35.9 Å². The number of rotatable bonds is 9. The van der Waals surface area contributed by atoms with Crippen LogP contribution in [0.1, 0.15) is 5.56 Å². The summed E-state index contributed by atoms with van der Waals surface area (Å²) in [6.45, 7) is 3.90. The Morgan fingerprint density at radius 3 is 2.54 bits per heavy atom. The molecule has 0 fully saturated rings. The predicted molar refractivity (Wildman–Crippen MR) is 114 cm³/mol. The zero-order chi connectivity index (χ0) is 19.0. The Balaban J connectivity index is 1.91. The van der Waals surface area contributed by atoms with Gasteiger partial charge in [-0.1, -0.05) is 58.5 Å². The van der Waals surface area contributed by atoms with Crippen molar-refractivity contribution in [3.05, 3.63) is 66.8 Å². The molecule has 0 aliphatic rings. The van der Waals surface area contributed by atoms with Crippen LogP contribution >= 0.6 is 21.6 Å². The topological polar surface area (TPSA) is 98.2 Å². The molecule has 0 spiro atoms. The normalized spacial score (nSPS) is 11.7. The van der Waals surface area contributed by atoms with E-state index in [2.05, 4.69) is 11.3 Å². The van der Waals surface area contributed by atoms with Crippen molar-refractivity contribution in [3.8, 4) is 0 Å². The first kappa shape index (κ1) is 20.4. The van der Waals surface area contributed by atoms with E-state index in [-0.39, 0.29) is 10.6 Å². The zero-order valence-corrected chi connectivity index (χ0v) is 16.5. The molecule has 0 aliphatic carbocycles. The van der Waals surface area contributed by atoms with E-state index in [1.165, 1.54) is 6.07 Å². The van der Waals surface area contributed by atoms with Crippen LogP contribution in [0.3, 0.4) is 0 Å². The van der Waals surface area contributed by atoms with Crippen molar-refractivity contribution >= 4 is 49.1 Å². The van der Waals surface area contributed by atoms with Crippen molar-refractivity contribution < 1.29 is 8.42 Å². The fourth-order valence-corrected chi connectivity index (χ4v) is 5.26. The third-order valence-corrected chi connectivity index (χ3v) is 7.22. The van der Waals surface area contributed by atoms with Crippen molar-refractivity contribution in [3.63, 3.8) is 0 Å². The number of hydrogen-bond acceptors (Lipinski definition) is 6. The molecule has 2 aromatic carbocycles. The number of nitrogens with one attached hydrogen (secondary N) is 1. The number of anilines is 2. The average molecular weight is 408 g/mol. The molecule has 0 aromatic heterocycles. The van der Waals surface area contributed by atoms with Gasteiger partial charge < -0.3 is 11.5 Å². The minimum absolute atomic E-state index is 0.0832. The number of hydrogen-bond donors (Lipinski definition) is 3. The van der Waals surface area contributed by atoms with E-state index >= 15 is 0 Å². The monoisotopic (exact) mass is 407 g/mol. The lowest BCUT2D eigenvalue weighted by atomic mass is 10.1. The molecule has 5 nitrogen and oxygen atoms in total. The molecular weight excluding hydrogens is 386 g/mol. The highest BCUT2D eigenvalue weighted by molar-refractivity contribution is 8.76. The maximum atomic E-state index is 12.5. The van der Waals surface area contributed by atoms with Gasteiger partial charge in [-0.25, -0.2) is 13.1 Å². The summed E-state index contributed by atoms with van der Waals surface area (Å²) in [7, 11) is -0.528. The van der Waals surface area contributed by atoms with Crippen molar-refractivity contribution in [1.29, 1.82) is 0 Å². The average Bonchev–Trinajstić information content (AvgIpc) is 2.62. The van der Waals surface area contributed by atoms with Gasteiger partial charge in [0.1, 0.15) is 4.90 Å². The molecule has 26 heavy (non-hydrogen) atoms. The van der Waals surface area contributed by atoms with Crippen LogP contribution in [0.2, 0.25) is 0 Å². The second kappa shape index (κ2) is 9.72. The summed E-state index contributed by atoms with van der Waals surface area (Å²) in [5.74, 6) is 0.615. The van der Waals surface area contributed by atoms with Gasteiger partial charge in [0.15, 0.2) is 0 Å². The van der Waals surface area contributed by atoms with E-state index in [1.54, 1.807) is 51.9 Å². The van der Waals surface area contributed by atoms with Crippen LogP contribution in [-0.2, 0) is 10.0 Å². The van der Waals surface area contributed by atoms with E-state index in [0.717, 1.165) is 10.6 Å². The highest BCUT2D eigenvalue weighted by Crippen LogP contribution is 2.31. The highest BCUT2D eigenvalue weighted by atomic mass is 33.1. The molecule has 2 aromatic rings. The molecule has 0 amide bonds. The lowest BCUT2D eigenvalue weighted by molar-refractivity contribution is 0.584. The summed E-state index contributed by atoms with van der Waals surface area (Å²) in [4.78, 5) is 1.15. The third kappa shape index (κ3) is 5.84. The number of sulfonamides is 1. The SMILES string of the molecule is C=C/C=C\c1cccc(S(=O)(=O)NCCSSc2ccc(N)cc2)c1N. The number of nitrogen functional groups attached to an aromatic ring is 2. The number of para-hydroxylation sites is 1. The molecule has 2 rings (SSSR count). The largest absolute Gasteiger partial charge is 0.399 e. The lowest BCUT2D eigenvalue weighted by Crippen LogP contribution is -2.26. The molecular formula is C18H21N3O2S3. The van der Waals surface area contributed by atoms with Crippen LogP contribution in [0.4, 0.5) is 11.4 Å². The van der Waals surface area contributed by atoms with Gasteiger partial charge in [-0.15, -0.1) is 0 Å². The van der Waals surface area contributed by atoms with Crippen molar-refractivity contribution in [1.82, 2.24) is 4.72 Å². The van der Waals surface area contributed by atoms with Crippen LogP contribution in [0, 0.1) is 0 Å². The van der Waals surface area contributed by atoms with Crippen LogP contribution in [0.5, 0.6) is 0 Å². The standard InChI is InChI=1S/C18H21N3O2S3/c1-2-3-5-14-6-4-7-17(18(14)20)26(22,23)21-12-13-24-25-16-10-8-15(19)9-11-16/h2-11,21H,1,12-13,19-20H2/b5-3-. The van der Waals surface area contributed by atoms with E-state index in [1.807, 2.05) is 24.3 Å². The Morgan fingerprint density at radius 2 is 1.85 bits per heavy atom. The molecule has 0 unspecified atom stereocenters. The molecule has 8 heteroatoms. The van der Waals surface area contributed by atoms with Gasteiger partial charge in [0.05, 0.1) is 5.69 Å². The van der Waals surface area contributed by atoms with E-state index in [4.69, 9.17) is 11.5 Å². The van der Waals surface area contributed by atoms with E-state index in [0.29, 0.717) is 17.9 Å². The molecule has 0 atom stereocenters. The number of nitrogens with two attached hydrogens (primary N) is 2. The fraction of sp³-hybridized carbons (Fsp3) is 0.111. The molecule has 138 valence electrons. The summed E-state index contributed by atoms with van der Waals surface area (Å²) in [6, 6.07) is 12.5. The van der Waals surface area contributed by atoms with Gasteiger partial charge in [-0.2, -0.15) is 0 Å². The van der Waals surface area contributed by atoms with Gasteiger partial charge in [0.25, 0.3) is 0 Å². The maximum absolute atomic E-state index is 12.5. The van der Waals surface area contributed by atoms with E-state index in [9.17, 15) is 8.42 Å². The first-order valence-electron chi connectivity index (χ1n) is 7.76. The van der Waals surface area contributed by atoms with E-state index < -0.39 is 10.0 Å². The Labute approximate surface area is 162 Å². The van der Waals surface area contributed by atoms with Gasteiger partial charge in [-0.3, -0.25) is 0 Å². The quantitative estimate of drug-likeness (QED) is 0.253. The molecule has 0 saturated heterocycles. The Bertz CT molecular complexity index is 879. The second-order valence-electron chi connectivity index (χ2n) is 5.23. The summed E-state index contributed by atoms with van der Waals surface area (Å²) in [5.41, 5.74) is 13.2. The van der Waals surface area contributed by atoms with Crippen molar-refractivity contribution in [2.24, 2.45) is 0 Å². The minimum atomic E-state index is -3.66. The van der Waals surface area contributed by atoms with Gasteiger partial charge in [0.2, 0.25) is 10.0 Å².